The SMILES string of the molecule is CNNC(=O)CC(N)c1coc2ccccc12. The molecule has 0 radical (unpaired) electrons. The maximum atomic E-state index is 11.4. The Hall–Kier alpha value is -1.85. The van der Waals surface area contributed by atoms with Gasteiger partial charge in [-0.1, -0.05) is 18.2 Å². The summed E-state index contributed by atoms with van der Waals surface area (Å²) in [6.07, 6.45) is 1.83. The van der Waals surface area contributed by atoms with Gasteiger partial charge in [0.1, 0.15) is 5.58 Å². The Kier molecular flexibility index (Phi) is 3.41. The second kappa shape index (κ2) is 4.99. The van der Waals surface area contributed by atoms with Gasteiger partial charge < -0.3 is 10.2 Å². The lowest BCUT2D eigenvalue weighted by Gasteiger charge is -2.09. The predicted molar refractivity (Wildman–Crippen MR) is 65.0 cm³/mol. The third kappa shape index (κ3) is 2.46. The van der Waals surface area contributed by atoms with Gasteiger partial charge in [-0.05, 0) is 6.07 Å². The van der Waals surface area contributed by atoms with Crippen LogP contribution in [0.1, 0.15) is 18.0 Å². The lowest BCUT2D eigenvalue weighted by molar-refractivity contribution is -0.122. The van der Waals surface area contributed by atoms with Crippen molar-refractivity contribution >= 4 is 16.9 Å². The molecule has 4 N–H and O–H groups in total. The van der Waals surface area contributed by atoms with E-state index in [0.29, 0.717) is 0 Å². The highest BCUT2D eigenvalue weighted by molar-refractivity contribution is 5.83. The molecule has 0 saturated heterocycles. The molecular formula is C12H15N3O2. The van der Waals surface area contributed by atoms with E-state index in [1.165, 1.54) is 0 Å². The van der Waals surface area contributed by atoms with Gasteiger partial charge in [-0.2, -0.15) is 0 Å². The number of benzene rings is 1. The summed E-state index contributed by atoms with van der Waals surface area (Å²) in [6, 6.07) is 7.26. The molecule has 1 heterocycles. The highest BCUT2D eigenvalue weighted by Crippen LogP contribution is 2.26. The Morgan fingerprint density at radius 2 is 2.24 bits per heavy atom. The number of hydrogen-bond donors (Lipinski definition) is 3. The Bertz CT molecular complexity index is 521. The third-order valence-corrected chi connectivity index (χ3v) is 2.58. The van der Waals surface area contributed by atoms with Crippen molar-refractivity contribution in [2.75, 3.05) is 7.05 Å². The van der Waals surface area contributed by atoms with E-state index in [4.69, 9.17) is 10.2 Å². The first-order chi connectivity index (χ1) is 8.22. The molecule has 1 aromatic carbocycles. The molecule has 0 saturated carbocycles. The maximum Gasteiger partial charge on any atom is 0.235 e. The smallest absolute Gasteiger partial charge is 0.235 e. The molecule has 5 nitrogen and oxygen atoms in total. The molecule has 1 amide bonds. The summed E-state index contributed by atoms with van der Waals surface area (Å²) in [5.41, 5.74) is 12.7. The van der Waals surface area contributed by atoms with Crippen molar-refractivity contribution in [3.8, 4) is 0 Å². The largest absolute Gasteiger partial charge is 0.464 e. The molecule has 0 fully saturated rings. The van der Waals surface area contributed by atoms with Crippen LogP contribution < -0.4 is 16.6 Å². The number of fused-ring (bicyclic) bond motifs is 1. The van der Waals surface area contributed by atoms with E-state index in [1.807, 2.05) is 24.3 Å². The minimum Gasteiger partial charge on any atom is -0.464 e. The van der Waals surface area contributed by atoms with E-state index in [1.54, 1.807) is 13.3 Å². The summed E-state index contributed by atoms with van der Waals surface area (Å²) in [6.45, 7) is 0. The fourth-order valence-corrected chi connectivity index (χ4v) is 1.79. The number of hydrazine groups is 1. The molecule has 17 heavy (non-hydrogen) atoms. The number of carbonyl (C=O) groups is 1. The van der Waals surface area contributed by atoms with Crippen molar-refractivity contribution < 1.29 is 9.21 Å². The molecule has 0 aliphatic carbocycles. The van der Waals surface area contributed by atoms with E-state index in [-0.39, 0.29) is 18.4 Å². The zero-order chi connectivity index (χ0) is 12.3. The fraction of sp³-hybridized carbons (Fsp3) is 0.250. The quantitative estimate of drug-likeness (QED) is 0.690. The summed E-state index contributed by atoms with van der Waals surface area (Å²) in [5, 5.41) is 0.956. The normalized spacial score (nSPS) is 12.6. The average molecular weight is 233 g/mol. The number of para-hydroxylation sites is 1. The Morgan fingerprint density at radius 3 is 3.00 bits per heavy atom. The van der Waals surface area contributed by atoms with E-state index in [2.05, 4.69) is 10.9 Å². The average Bonchev–Trinajstić information content (AvgIpc) is 2.72. The van der Waals surface area contributed by atoms with Gasteiger partial charge in [-0.25, -0.2) is 5.43 Å². The Labute approximate surface area is 98.9 Å². The highest BCUT2D eigenvalue weighted by Gasteiger charge is 2.16. The number of rotatable bonds is 4. The summed E-state index contributed by atoms with van der Waals surface area (Å²) >= 11 is 0. The Morgan fingerprint density at radius 1 is 1.47 bits per heavy atom. The van der Waals surface area contributed by atoms with E-state index >= 15 is 0 Å². The Balaban J connectivity index is 2.19. The standard InChI is InChI=1S/C12H15N3O2/c1-14-15-12(16)6-10(13)9-7-17-11-5-3-2-4-8(9)11/h2-5,7,10,14H,6,13H2,1H3,(H,15,16). The number of nitrogens with one attached hydrogen (secondary N) is 2. The first-order valence-electron chi connectivity index (χ1n) is 5.39. The van der Waals surface area contributed by atoms with Crippen molar-refractivity contribution in [1.29, 1.82) is 0 Å². The fourth-order valence-electron chi connectivity index (χ4n) is 1.79. The van der Waals surface area contributed by atoms with Crippen LogP contribution in [0, 0.1) is 0 Å². The van der Waals surface area contributed by atoms with Crippen LogP contribution in [0.3, 0.4) is 0 Å². The minimum absolute atomic E-state index is 0.148. The van der Waals surface area contributed by atoms with Gasteiger partial charge in [0, 0.05) is 30.5 Å². The van der Waals surface area contributed by atoms with Gasteiger partial charge in [0.05, 0.1) is 6.26 Å². The monoisotopic (exact) mass is 233 g/mol. The van der Waals surface area contributed by atoms with E-state index in [9.17, 15) is 4.79 Å². The second-order valence-corrected chi connectivity index (χ2v) is 3.80. The lowest BCUT2D eigenvalue weighted by atomic mass is 10.0. The van der Waals surface area contributed by atoms with Gasteiger partial charge in [0.2, 0.25) is 5.91 Å². The molecule has 0 spiro atoms. The van der Waals surface area contributed by atoms with E-state index in [0.717, 1.165) is 16.5 Å². The minimum atomic E-state index is -0.369. The van der Waals surface area contributed by atoms with Crippen LogP contribution >= 0.6 is 0 Å². The first kappa shape index (κ1) is 11.6. The molecular weight excluding hydrogens is 218 g/mol. The number of nitrogens with two attached hydrogens (primary N) is 1. The van der Waals surface area contributed by atoms with Crippen molar-refractivity contribution in [3.63, 3.8) is 0 Å². The van der Waals surface area contributed by atoms with Crippen molar-refractivity contribution in [2.45, 2.75) is 12.5 Å². The third-order valence-electron chi connectivity index (χ3n) is 2.58. The molecule has 1 atom stereocenters. The number of furan rings is 1. The van der Waals surface area contributed by atoms with Gasteiger partial charge >= 0.3 is 0 Å². The maximum absolute atomic E-state index is 11.4. The molecule has 2 aromatic rings. The van der Waals surface area contributed by atoms with Gasteiger partial charge in [0.15, 0.2) is 0 Å². The number of hydrogen-bond acceptors (Lipinski definition) is 4. The van der Waals surface area contributed by atoms with Crippen molar-refractivity contribution in [3.05, 3.63) is 36.1 Å². The highest BCUT2D eigenvalue weighted by atomic mass is 16.3. The van der Waals surface area contributed by atoms with Gasteiger partial charge in [0.25, 0.3) is 0 Å². The zero-order valence-corrected chi connectivity index (χ0v) is 9.57. The molecule has 0 bridgehead atoms. The lowest BCUT2D eigenvalue weighted by Crippen LogP contribution is -2.35. The number of carbonyl (C=O) groups excluding carboxylic acids is 1. The van der Waals surface area contributed by atoms with Crippen LogP contribution in [0.4, 0.5) is 0 Å². The van der Waals surface area contributed by atoms with Crippen molar-refractivity contribution in [2.24, 2.45) is 5.73 Å². The summed E-state index contributed by atoms with van der Waals surface area (Å²) in [5.74, 6) is -0.148. The van der Waals surface area contributed by atoms with Gasteiger partial charge in [-0.3, -0.25) is 10.2 Å². The first-order valence-corrected chi connectivity index (χ1v) is 5.39. The zero-order valence-electron chi connectivity index (χ0n) is 9.57. The topological polar surface area (TPSA) is 80.3 Å². The van der Waals surface area contributed by atoms with Crippen LogP contribution in [-0.4, -0.2) is 13.0 Å². The second-order valence-electron chi connectivity index (χ2n) is 3.80. The molecule has 0 aliphatic rings. The van der Waals surface area contributed by atoms with E-state index < -0.39 is 0 Å². The summed E-state index contributed by atoms with van der Waals surface area (Å²) in [7, 11) is 1.64. The van der Waals surface area contributed by atoms with Crippen molar-refractivity contribution in [1.82, 2.24) is 10.9 Å². The molecule has 5 heteroatoms. The molecule has 0 aliphatic heterocycles. The predicted octanol–water partition coefficient (Wildman–Crippen LogP) is 1.07. The van der Waals surface area contributed by atoms with Crippen LogP contribution in [0.5, 0.6) is 0 Å². The summed E-state index contributed by atoms with van der Waals surface area (Å²) < 4.78 is 5.38. The van der Waals surface area contributed by atoms with Crippen LogP contribution in [0.15, 0.2) is 34.9 Å². The summed E-state index contributed by atoms with van der Waals surface area (Å²) in [4.78, 5) is 11.4. The molecule has 1 unspecified atom stereocenters. The molecule has 90 valence electrons. The molecule has 1 aromatic heterocycles. The van der Waals surface area contributed by atoms with Crippen LogP contribution in [-0.2, 0) is 4.79 Å². The molecule has 2 rings (SSSR count). The van der Waals surface area contributed by atoms with Crippen LogP contribution in [0.25, 0.3) is 11.0 Å². The number of amides is 1. The van der Waals surface area contributed by atoms with Crippen LogP contribution in [0.2, 0.25) is 0 Å². The van der Waals surface area contributed by atoms with Gasteiger partial charge in [-0.15, -0.1) is 0 Å².